The van der Waals surface area contributed by atoms with Gasteiger partial charge < -0.3 is 9.79 Å². The van der Waals surface area contributed by atoms with Crippen LogP contribution in [0.15, 0.2) is 0 Å². The Morgan fingerprint density at radius 2 is 1.58 bits per heavy atom. The number of hydrogen-bond acceptors (Lipinski definition) is 2. The number of phosphoric ester groups is 1. The molecule has 4 nitrogen and oxygen atoms in total. The molecule has 2 N–H and O–H groups in total. The van der Waals surface area contributed by atoms with Gasteiger partial charge in [0.1, 0.15) is 0 Å². The topological polar surface area (TPSA) is 66.8 Å². The van der Waals surface area contributed by atoms with E-state index in [0.717, 1.165) is 0 Å². The highest BCUT2D eigenvalue weighted by Gasteiger charge is 2.38. The van der Waals surface area contributed by atoms with Gasteiger partial charge in [0.2, 0.25) is 0 Å². The highest BCUT2D eigenvalue weighted by Crippen LogP contribution is 2.43. The first-order valence-electron chi connectivity index (χ1n) is 6.12. The van der Waals surface area contributed by atoms with Crippen LogP contribution in [-0.4, -0.2) is 16.4 Å². The van der Waals surface area contributed by atoms with Crippen molar-refractivity contribution in [3.05, 3.63) is 0 Å². The molecule has 108 valence electrons. The average molecular weight is 286 g/mol. The zero-order valence-electron chi connectivity index (χ0n) is 12.0. The quantitative estimate of drug-likeness (QED) is 0.429. The highest BCUT2D eigenvalue weighted by molar-refractivity contribution is 7.46. The predicted molar refractivity (Wildman–Crippen MR) is 75.9 cm³/mol. The van der Waals surface area contributed by atoms with Crippen LogP contribution in [0, 0.1) is 41.4 Å². The summed E-state index contributed by atoms with van der Waals surface area (Å²) < 4.78 is 15.0. The molecule has 0 aliphatic carbocycles. The van der Waals surface area contributed by atoms with Gasteiger partial charge in [-0.3, -0.25) is 4.52 Å². The Hall–Kier alpha value is -0.770. The minimum Gasteiger partial charge on any atom is -0.303 e. The van der Waals surface area contributed by atoms with Gasteiger partial charge in [0.05, 0.1) is 6.61 Å². The van der Waals surface area contributed by atoms with E-state index in [9.17, 15) is 4.57 Å². The van der Waals surface area contributed by atoms with E-state index in [0.29, 0.717) is 12.8 Å². The van der Waals surface area contributed by atoms with E-state index in [4.69, 9.17) is 22.6 Å². The first kappa shape index (κ1) is 18.2. The molecule has 0 radical (unpaired) electrons. The zero-order valence-corrected chi connectivity index (χ0v) is 12.9. The molecule has 0 aromatic carbocycles. The fourth-order valence-corrected chi connectivity index (χ4v) is 2.66. The molecule has 0 aliphatic heterocycles. The Balaban J connectivity index is 4.71. The third kappa shape index (κ3) is 6.28. The summed E-state index contributed by atoms with van der Waals surface area (Å²) in [6, 6.07) is 0. The van der Waals surface area contributed by atoms with Crippen LogP contribution in [-0.2, 0) is 9.09 Å². The fraction of sp³-hybridized carbons (Fsp3) is 0.714. The Labute approximate surface area is 116 Å². The summed E-state index contributed by atoms with van der Waals surface area (Å²) in [5.41, 5.74) is -0.782. The van der Waals surface area contributed by atoms with Gasteiger partial charge in [-0.15, -0.1) is 24.7 Å². The molecule has 0 amide bonds. The summed E-state index contributed by atoms with van der Waals surface area (Å²) >= 11 is 0. The van der Waals surface area contributed by atoms with Gasteiger partial charge >= 0.3 is 7.82 Å². The SMILES string of the molecule is C#CC(C)(C)C(CCCOP(=O)(O)O)C(C)(C)C#C. The van der Waals surface area contributed by atoms with Crippen molar-refractivity contribution in [1.82, 2.24) is 0 Å². The summed E-state index contributed by atoms with van der Waals surface area (Å²) in [7, 11) is -4.40. The molecule has 0 atom stereocenters. The molecule has 0 aliphatic rings. The standard InChI is InChI=1S/C14H23O4P/c1-7-13(3,4)12(14(5,6)8-2)10-9-11-18-19(15,16)17/h1-2,12H,9-11H2,3-6H3,(H2,15,16,17). The lowest BCUT2D eigenvalue weighted by molar-refractivity contribution is 0.135. The molecular formula is C14H23O4P. The van der Waals surface area contributed by atoms with E-state index < -0.39 is 18.7 Å². The van der Waals surface area contributed by atoms with Crippen molar-refractivity contribution in [2.45, 2.75) is 40.5 Å². The van der Waals surface area contributed by atoms with E-state index >= 15 is 0 Å². The molecule has 0 aromatic heterocycles. The largest absolute Gasteiger partial charge is 0.469 e. The molecule has 5 heteroatoms. The molecule has 0 bridgehead atoms. The van der Waals surface area contributed by atoms with E-state index in [1.807, 2.05) is 27.7 Å². The maximum atomic E-state index is 10.6. The minimum absolute atomic E-state index is 0.0118. The van der Waals surface area contributed by atoms with Crippen LogP contribution in [0.4, 0.5) is 0 Å². The normalized spacial score (nSPS) is 13.1. The Morgan fingerprint density at radius 3 is 1.89 bits per heavy atom. The predicted octanol–water partition coefficient (Wildman–Crippen LogP) is 2.81. The molecule has 0 fully saturated rings. The number of rotatable bonds is 7. The second kappa shape index (κ2) is 6.60. The molecule has 0 saturated heterocycles. The highest BCUT2D eigenvalue weighted by atomic mass is 31.2. The van der Waals surface area contributed by atoms with Crippen LogP contribution in [0.5, 0.6) is 0 Å². The lowest BCUT2D eigenvalue weighted by Crippen LogP contribution is -2.34. The Kier molecular flexibility index (Phi) is 6.33. The van der Waals surface area contributed by atoms with Crippen molar-refractivity contribution < 1.29 is 18.9 Å². The third-order valence-corrected chi connectivity index (χ3v) is 3.90. The monoisotopic (exact) mass is 286 g/mol. The zero-order chi connectivity index (χ0) is 15.3. The lowest BCUT2D eigenvalue weighted by Gasteiger charge is -2.39. The maximum Gasteiger partial charge on any atom is 0.469 e. The molecule has 0 spiro atoms. The van der Waals surface area contributed by atoms with Crippen molar-refractivity contribution in [3.8, 4) is 24.7 Å². The maximum absolute atomic E-state index is 10.6. The van der Waals surface area contributed by atoms with Gasteiger partial charge in [-0.25, -0.2) is 4.57 Å². The van der Waals surface area contributed by atoms with Gasteiger partial charge in [-0.05, 0) is 46.5 Å². The van der Waals surface area contributed by atoms with Gasteiger partial charge in [-0.2, -0.15) is 0 Å². The van der Waals surface area contributed by atoms with E-state index in [-0.39, 0.29) is 12.5 Å². The van der Waals surface area contributed by atoms with Crippen molar-refractivity contribution in [2.24, 2.45) is 16.7 Å². The summed E-state index contributed by atoms with van der Waals surface area (Å²) in [6.45, 7) is 7.77. The van der Waals surface area contributed by atoms with Gasteiger partial charge in [0.25, 0.3) is 0 Å². The minimum atomic E-state index is -4.40. The molecule has 0 aromatic rings. The van der Waals surface area contributed by atoms with Gasteiger partial charge in [0, 0.05) is 10.8 Å². The molecular weight excluding hydrogens is 263 g/mol. The number of phosphoric acid groups is 1. The first-order valence-corrected chi connectivity index (χ1v) is 7.65. The van der Waals surface area contributed by atoms with Crippen LogP contribution in [0.2, 0.25) is 0 Å². The van der Waals surface area contributed by atoms with E-state index in [2.05, 4.69) is 16.4 Å². The molecule has 0 unspecified atom stereocenters. The fourth-order valence-electron chi connectivity index (χ4n) is 2.30. The molecule has 19 heavy (non-hydrogen) atoms. The van der Waals surface area contributed by atoms with E-state index in [1.165, 1.54) is 0 Å². The van der Waals surface area contributed by atoms with Crippen molar-refractivity contribution in [3.63, 3.8) is 0 Å². The summed E-state index contributed by atoms with van der Waals surface area (Å²) in [5.74, 6) is 5.54. The smallest absolute Gasteiger partial charge is 0.303 e. The van der Waals surface area contributed by atoms with E-state index in [1.54, 1.807) is 0 Å². The van der Waals surface area contributed by atoms with Crippen molar-refractivity contribution >= 4 is 7.82 Å². The second-order valence-electron chi connectivity index (χ2n) is 5.75. The molecule has 0 saturated carbocycles. The average Bonchev–Trinajstić information content (AvgIpc) is 2.26. The summed E-state index contributed by atoms with van der Waals surface area (Å²) in [4.78, 5) is 17.2. The summed E-state index contributed by atoms with van der Waals surface area (Å²) in [6.07, 6.45) is 12.3. The Morgan fingerprint density at radius 1 is 1.16 bits per heavy atom. The molecule has 0 heterocycles. The van der Waals surface area contributed by atoms with Crippen LogP contribution in [0.25, 0.3) is 0 Å². The van der Waals surface area contributed by atoms with Crippen molar-refractivity contribution in [1.29, 1.82) is 0 Å². The first-order chi connectivity index (χ1) is 8.46. The molecule has 0 rings (SSSR count). The van der Waals surface area contributed by atoms with Crippen LogP contribution < -0.4 is 0 Å². The number of hydrogen-bond donors (Lipinski definition) is 2. The van der Waals surface area contributed by atoms with Crippen LogP contribution >= 0.6 is 7.82 Å². The summed E-state index contributed by atoms with van der Waals surface area (Å²) in [5, 5.41) is 0. The Bertz CT molecular complexity index is 394. The van der Waals surface area contributed by atoms with Crippen LogP contribution in [0.3, 0.4) is 0 Å². The van der Waals surface area contributed by atoms with Gasteiger partial charge in [-0.1, -0.05) is 0 Å². The third-order valence-electron chi connectivity index (χ3n) is 3.38. The second-order valence-corrected chi connectivity index (χ2v) is 6.99. The lowest BCUT2D eigenvalue weighted by atomic mass is 9.64. The number of terminal acetylenes is 2. The van der Waals surface area contributed by atoms with Crippen molar-refractivity contribution in [2.75, 3.05) is 6.61 Å². The van der Waals surface area contributed by atoms with Gasteiger partial charge in [0.15, 0.2) is 0 Å². The van der Waals surface area contributed by atoms with Crippen LogP contribution in [0.1, 0.15) is 40.5 Å².